The predicted molar refractivity (Wildman–Crippen MR) is 117 cm³/mol. The largest absolute Gasteiger partial charge is 0.480 e. The lowest BCUT2D eigenvalue weighted by atomic mass is 10.0. The molecule has 0 amide bonds. The van der Waals surface area contributed by atoms with E-state index in [4.69, 9.17) is 0 Å². The molecule has 150 valence electrons. The van der Waals surface area contributed by atoms with Crippen LogP contribution in [0.15, 0.2) is 53.1 Å². The van der Waals surface area contributed by atoms with Crippen molar-refractivity contribution in [3.8, 4) is 0 Å². The minimum atomic E-state index is -0.842. The van der Waals surface area contributed by atoms with E-state index in [0.717, 1.165) is 39.7 Å². The number of aliphatic carboxylic acids is 1. The number of carbonyl (C=O) groups is 2. The molecule has 1 aromatic heterocycles. The molecule has 1 fully saturated rings. The fourth-order valence-corrected chi connectivity index (χ4v) is 4.33. The second-order valence-electron chi connectivity index (χ2n) is 7.30. The molecule has 2 N–H and O–H groups in total. The van der Waals surface area contributed by atoms with Gasteiger partial charge in [0.25, 0.3) is 0 Å². The van der Waals surface area contributed by atoms with Crippen LogP contribution >= 0.6 is 15.9 Å². The number of H-pyrrole nitrogens is 1. The molecule has 6 nitrogen and oxygen atoms in total. The van der Waals surface area contributed by atoms with E-state index < -0.39 is 12.0 Å². The molecule has 4 rings (SSSR count). The monoisotopic (exact) mass is 455 g/mol. The minimum Gasteiger partial charge on any atom is -0.480 e. The summed E-state index contributed by atoms with van der Waals surface area (Å²) in [6.07, 6.45) is 1.81. The zero-order valence-corrected chi connectivity index (χ0v) is 17.6. The van der Waals surface area contributed by atoms with Crippen molar-refractivity contribution in [2.75, 3.05) is 31.1 Å². The normalized spacial score (nSPS) is 16.1. The van der Waals surface area contributed by atoms with Gasteiger partial charge in [-0.3, -0.25) is 14.5 Å². The summed E-state index contributed by atoms with van der Waals surface area (Å²) in [6, 6.07) is 12.8. The Balaban J connectivity index is 1.53. The van der Waals surface area contributed by atoms with E-state index >= 15 is 0 Å². The van der Waals surface area contributed by atoms with Crippen molar-refractivity contribution in [1.82, 2.24) is 9.88 Å². The number of Topliss-reactive ketones (excluding diaryl/α,β-unsaturated/α-hetero) is 1. The van der Waals surface area contributed by atoms with Gasteiger partial charge >= 0.3 is 5.97 Å². The average molecular weight is 456 g/mol. The van der Waals surface area contributed by atoms with E-state index in [1.807, 2.05) is 53.6 Å². The number of fused-ring (bicyclic) bond motifs is 1. The van der Waals surface area contributed by atoms with Gasteiger partial charge in [0.2, 0.25) is 0 Å². The number of carboxylic acid groups (broad SMARTS) is 1. The molecule has 1 saturated heterocycles. The smallest absolute Gasteiger partial charge is 0.325 e. The summed E-state index contributed by atoms with van der Waals surface area (Å²) in [7, 11) is 0. The number of rotatable bonds is 5. The van der Waals surface area contributed by atoms with Crippen LogP contribution < -0.4 is 4.90 Å². The van der Waals surface area contributed by atoms with Crippen molar-refractivity contribution < 1.29 is 14.7 Å². The lowest BCUT2D eigenvalue weighted by molar-refractivity contribution is -0.143. The second kappa shape index (κ2) is 8.00. The number of aromatic amines is 1. The first kappa shape index (κ1) is 19.7. The van der Waals surface area contributed by atoms with Gasteiger partial charge in [-0.25, -0.2) is 0 Å². The molecule has 2 heterocycles. The second-order valence-corrected chi connectivity index (χ2v) is 8.22. The summed E-state index contributed by atoms with van der Waals surface area (Å²) < 4.78 is 0.925. The molecular formula is C22H22BrN3O3. The van der Waals surface area contributed by atoms with E-state index in [1.54, 1.807) is 6.92 Å². The van der Waals surface area contributed by atoms with Gasteiger partial charge in [0.1, 0.15) is 6.04 Å². The summed E-state index contributed by atoms with van der Waals surface area (Å²) in [5.74, 6) is -0.791. The molecular weight excluding hydrogens is 434 g/mol. The van der Waals surface area contributed by atoms with E-state index in [0.29, 0.717) is 18.7 Å². The first-order chi connectivity index (χ1) is 13.9. The first-order valence-electron chi connectivity index (χ1n) is 9.53. The van der Waals surface area contributed by atoms with Crippen LogP contribution in [-0.2, 0) is 4.79 Å². The molecule has 29 heavy (non-hydrogen) atoms. The van der Waals surface area contributed by atoms with Gasteiger partial charge in [0.15, 0.2) is 5.78 Å². The molecule has 1 atom stereocenters. The summed E-state index contributed by atoms with van der Waals surface area (Å²) in [6.45, 7) is 4.31. The molecule has 1 aliphatic heterocycles. The van der Waals surface area contributed by atoms with Gasteiger partial charge < -0.3 is 15.0 Å². The topological polar surface area (TPSA) is 76.6 Å². The lowest BCUT2D eigenvalue weighted by Crippen LogP contribution is -2.49. The number of benzene rings is 2. The quantitative estimate of drug-likeness (QED) is 0.566. The number of hydrogen-bond donors (Lipinski definition) is 2. The maximum atomic E-state index is 12.2. The van der Waals surface area contributed by atoms with Crippen LogP contribution in [0.4, 0.5) is 5.69 Å². The fraction of sp³-hybridized carbons (Fsp3) is 0.273. The third kappa shape index (κ3) is 3.93. The Morgan fingerprint density at radius 1 is 1.07 bits per heavy atom. The van der Waals surface area contributed by atoms with Crippen LogP contribution in [0, 0.1) is 0 Å². The summed E-state index contributed by atoms with van der Waals surface area (Å²) in [5.41, 5.74) is 3.47. The zero-order chi connectivity index (χ0) is 20.5. The number of ketones is 1. The standard InChI is InChI=1S/C22H22BrN3O3/c1-14(27)15-2-5-17(6-3-15)25-8-10-26(11-9-25)21(22(28)29)19-13-24-20-7-4-16(23)12-18(19)20/h2-7,12-13,21,24H,8-11H2,1H3,(H,28,29). The van der Waals surface area contributed by atoms with E-state index in [2.05, 4.69) is 25.8 Å². The van der Waals surface area contributed by atoms with Crippen LogP contribution in [0.1, 0.15) is 28.9 Å². The van der Waals surface area contributed by atoms with Crippen LogP contribution in [0.5, 0.6) is 0 Å². The lowest BCUT2D eigenvalue weighted by Gasteiger charge is -2.38. The van der Waals surface area contributed by atoms with Gasteiger partial charge in [0.05, 0.1) is 0 Å². The molecule has 0 bridgehead atoms. The van der Waals surface area contributed by atoms with Gasteiger partial charge in [-0.2, -0.15) is 0 Å². The molecule has 7 heteroatoms. The molecule has 2 aromatic carbocycles. The number of piperazine rings is 1. The van der Waals surface area contributed by atoms with Gasteiger partial charge in [-0.05, 0) is 49.4 Å². The molecule has 0 spiro atoms. The molecule has 0 radical (unpaired) electrons. The zero-order valence-electron chi connectivity index (χ0n) is 16.1. The van der Waals surface area contributed by atoms with Crippen molar-refractivity contribution in [1.29, 1.82) is 0 Å². The van der Waals surface area contributed by atoms with Crippen molar-refractivity contribution in [2.45, 2.75) is 13.0 Å². The highest BCUT2D eigenvalue weighted by Gasteiger charge is 2.32. The third-order valence-electron chi connectivity index (χ3n) is 5.52. The maximum Gasteiger partial charge on any atom is 0.325 e. The number of anilines is 1. The van der Waals surface area contributed by atoms with Crippen LogP contribution in [0.2, 0.25) is 0 Å². The predicted octanol–water partition coefficient (Wildman–Crippen LogP) is 4.08. The van der Waals surface area contributed by atoms with Crippen LogP contribution in [0.25, 0.3) is 10.9 Å². The Morgan fingerprint density at radius 2 is 1.76 bits per heavy atom. The highest BCUT2D eigenvalue weighted by molar-refractivity contribution is 9.10. The molecule has 1 unspecified atom stereocenters. The minimum absolute atomic E-state index is 0.0519. The highest BCUT2D eigenvalue weighted by atomic mass is 79.9. The Hall–Kier alpha value is -2.64. The maximum absolute atomic E-state index is 12.2. The molecule has 0 saturated carbocycles. The van der Waals surface area contributed by atoms with Crippen molar-refractivity contribution in [3.63, 3.8) is 0 Å². The summed E-state index contributed by atoms with van der Waals surface area (Å²) >= 11 is 3.48. The van der Waals surface area contributed by atoms with Gasteiger partial charge in [-0.15, -0.1) is 0 Å². The van der Waals surface area contributed by atoms with Crippen molar-refractivity contribution >= 4 is 44.3 Å². The Labute approximate surface area is 177 Å². The van der Waals surface area contributed by atoms with Crippen molar-refractivity contribution in [2.24, 2.45) is 0 Å². The first-order valence-corrected chi connectivity index (χ1v) is 10.3. The fourth-order valence-electron chi connectivity index (χ4n) is 3.97. The van der Waals surface area contributed by atoms with Crippen molar-refractivity contribution in [3.05, 3.63) is 64.3 Å². The highest BCUT2D eigenvalue weighted by Crippen LogP contribution is 2.31. The average Bonchev–Trinajstić information content (AvgIpc) is 3.11. The molecule has 1 aliphatic rings. The molecule has 3 aromatic rings. The van der Waals surface area contributed by atoms with Gasteiger partial charge in [0, 0.05) is 64.6 Å². The number of nitrogens with zero attached hydrogens (tertiary/aromatic N) is 2. The van der Waals surface area contributed by atoms with Crippen LogP contribution in [-0.4, -0.2) is 52.9 Å². The number of carboxylic acids is 1. The van der Waals surface area contributed by atoms with E-state index in [-0.39, 0.29) is 5.78 Å². The van der Waals surface area contributed by atoms with Gasteiger partial charge in [-0.1, -0.05) is 15.9 Å². The Kier molecular flexibility index (Phi) is 5.43. The van der Waals surface area contributed by atoms with E-state index in [1.165, 1.54) is 0 Å². The molecule has 0 aliphatic carbocycles. The number of aromatic nitrogens is 1. The number of hydrogen-bond acceptors (Lipinski definition) is 4. The Bertz CT molecular complexity index is 1050. The third-order valence-corrected chi connectivity index (χ3v) is 6.02. The van der Waals surface area contributed by atoms with E-state index in [9.17, 15) is 14.7 Å². The number of nitrogens with one attached hydrogen (secondary N) is 1. The Morgan fingerprint density at radius 3 is 2.38 bits per heavy atom. The summed E-state index contributed by atoms with van der Waals surface area (Å²) in [4.78, 5) is 31.1. The van der Waals surface area contributed by atoms with Crippen LogP contribution in [0.3, 0.4) is 0 Å². The SMILES string of the molecule is CC(=O)c1ccc(N2CCN(C(C(=O)O)c3c[nH]c4ccc(Br)cc34)CC2)cc1. The number of carbonyl (C=O) groups excluding carboxylic acids is 1. The summed E-state index contributed by atoms with van der Waals surface area (Å²) in [5, 5.41) is 10.9. The number of halogens is 1.